The molecule has 1 atom stereocenters. The molecule has 2 rings (SSSR count). The average molecular weight is 261 g/mol. The Bertz CT molecular complexity index is 574. The van der Waals surface area contributed by atoms with Crippen LogP contribution < -0.4 is 10.5 Å². The molecule has 1 heterocycles. The van der Waals surface area contributed by atoms with Crippen molar-refractivity contribution in [2.45, 2.75) is 12.8 Å². The van der Waals surface area contributed by atoms with E-state index in [0.29, 0.717) is 23.6 Å². The molecule has 4 nitrogen and oxygen atoms in total. The Labute approximate surface area is 111 Å². The lowest BCUT2D eigenvalue weighted by atomic mass is 10.1. The third-order valence-corrected chi connectivity index (χ3v) is 2.92. The average Bonchev–Trinajstić information content (AvgIpc) is 2.46. The molecule has 0 aliphatic carbocycles. The second-order valence-corrected chi connectivity index (χ2v) is 4.29. The van der Waals surface area contributed by atoms with Crippen LogP contribution in [-0.4, -0.2) is 23.6 Å². The second kappa shape index (κ2) is 5.75. The first kappa shape index (κ1) is 13.4. The van der Waals surface area contributed by atoms with E-state index in [2.05, 4.69) is 9.97 Å². The van der Waals surface area contributed by atoms with Gasteiger partial charge in [-0.2, -0.15) is 0 Å². The molecule has 5 heteroatoms. The topological polar surface area (TPSA) is 61.0 Å². The molecule has 0 bridgehead atoms. The summed E-state index contributed by atoms with van der Waals surface area (Å²) in [6, 6.07) is 6.49. The predicted octanol–water partition coefficient (Wildman–Crippen LogP) is 2.35. The first-order chi connectivity index (χ1) is 9.15. The molecule has 1 unspecified atom stereocenters. The van der Waals surface area contributed by atoms with Gasteiger partial charge in [0.05, 0.1) is 12.8 Å². The number of aromatic nitrogens is 2. The summed E-state index contributed by atoms with van der Waals surface area (Å²) in [5.41, 5.74) is 6.96. The van der Waals surface area contributed by atoms with Gasteiger partial charge in [0.1, 0.15) is 5.82 Å². The molecule has 0 radical (unpaired) electrons. The highest BCUT2D eigenvalue weighted by atomic mass is 19.1. The number of nitrogens with two attached hydrogens (primary N) is 1. The van der Waals surface area contributed by atoms with Crippen molar-refractivity contribution in [3.8, 4) is 17.0 Å². The minimum Gasteiger partial charge on any atom is -0.494 e. The number of nitrogens with zero attached hydrogens (tertiary/aromatic N) is 2. The number of ether oxygens (including phenoxy) is 1. The SMILES string of the molecule is COc1ccc(-c2ccnc(C(C)CN)n2)cc1F. The third-order valence-electron chi connectivity index (χ3n) is 2.92. The smallest absolute Gasteiger partial charge is 0.165 e. The molecule has 2 aromatic rings. The minimum atomic E-state index is -0.410. The van der Waals surface area contributed by atoms with Crippen LogP contribution in [0.4, 0.5) is 4.39 Å². The Morgan fingerprint density at radius 1 is 1.37 bits per heavy atom. The van der Waals surface area contributed by atoms with Crippen LogP contribution in [0.15, 0.2) is 30.5 Å². The maximum Gasteiger partial charge on any atom is 0.165 e. The Hall–Kier alpha value is -2.01. The Morgan fingerprint density at radius 3 is 2.79 bits per heavy atom. The molecule has 0 amide bonds. The second-order valence-electron chi connectivity index (χ2n) is 4.29. The van der Waals surface area contributed by atoms with Crippen LogP contribution in [0.2, 0.25) is 0 Å². The van der Waals surface area contributed by atoms with E-state index in [4.69, 9.17) is 10.5 Å². The molecule has 0 aliphatic rings. The van der Waals surface area contributed by atoms with Crippen LogP contribution in [0.5, 0.6) is 5.75 Å². The molecule has 2 N–H and O–H groups in total. The van der Waals surface area contributed by atoms with Gasteiger partial charge in [0.15, 0.2) is 11.6 Å². The molecule has 1 aromatic carbocycles. The van der Waals surface area contributed by atoms with E-state index in [1.165, 1.54) is 13.2 Å². The normalized spacial score (nSPS) is 12.2. The minimum absolute atomic E-state index is 0.0723. The van der Waals surface area contributed by atoms with Crippen molar-refractivity contribution < 1.29 is 9.13 Å². The number of benzene rings is 1. The van der Waals surface area contributed by atoms with Gasteiger partial charge in [-0.05, 0) is 24.3 Å². The standard InChI is InChI=1S/C14H16FN3O/c1-9(8-16)14-17-6-5-12(18-14)10-3-4-13(19-2)11(15)7-10/h3-7,9H,8,16H2,1-2H3. The molecule has 0 saturated heterocycles. The number of methoxy groups -OCH3 is 1. The summed E-state index contributed by atoms with van der Waals surface area (Å²) < 4.78 is 18.6. The van der Waals surface area contributed by atoms with Crippen molar-refractivity contribution in [2.75, 3.05) is 13.7 Å². The summed E-state index contributed by atoms with van der Waals surface area (Å²) in [6.45, 7) is 2.42. The van der Waals surface area contributed by atoms with Gasteiger partial charge in [-0.3, -0.25) is 0 Å². The highest BCUT2D eigenvalue weighted by Crippen LogP contribution is 2.24. The van der Waals surface area contributed by atoms with Crippen molar-refractivity contribution in [3.05, 3.63) is 42.1 Å². The van der Waals surface area contributed by atoms with Crippen LogP contribution in [0.25, 0.3) is 11.3 Å². The highest BCUT2D eigenvalue weighted by Gasteiger charge is 2.10. The lowest BCUT2D eigenvalue weighted by Gasteiger charge is -2.09. The third kappa shape index (κ3) is 2.88. The van der Waals surface area contributed by atoms with Gasteiger partial charge in [0.2, 0.25) is 0 Å². The van der Waals surface area contributed by atoms with E-state index in [1.807, 2.05) is 6.92 Å². The molecule has 0 fully saturated rings. The van der Waals surface area contributed by atoms with Crippen LogP contribution in [0.1, 0.15) is 18.7 Å². The van der Waals surface area contributed by atoms with Crippen molar-refractivity contribution in [1.29, 1.82) is 0 Å². The number of halogens is 1. The largest absolute Gasteiger partial charge is 0.494 e. The molecular weight excluding hydrogens is 245 g/mol. The van der Waals surface area contributed by atoms with Crippen molar-refractivity contribution >= 4 is 0 Å². The lowest BCUT2D eigenvalue weighted by molar-refractivity contribution is 0.386. The van der Waals surface area contributed by atoms with Gasteiger partial charge >= 0.3 is 0 Å². The van der Waals surface area contributed by atoms with Crippen LogP contribution in [-0.2, 0) is 0 Å². The monoisotopic (exact) mass is 261 g/mol. The fourth-order valence-electron chi connectivity index (χ4n) is 1.70. The van der Waals surface area contributed by atoms with Gasteiger partial charge in [-0.15, -0.1) is 0 Å². The van der Waals surface area contributed by atoms with Gasteiger partial charge in [0.25, 0.3) is 0 Å². The number of hydrogen-bond donors (Lipinski definition) is 1. The van der Waals surface area contributed by atoms with Crippen LogP contribution in [0.3, 0.4) is 0 Å². The molecule has 0 saturated carbocycles. The van der Waals surface area contributed by atoms with Crippen LogP contribution >= 0.6 is 0 Å². The zero-order valence-electron chi connectivity index (χ0n) is 10.9. The molecule has 100 valence electrons. The molecule has 1 aromatic heterocycles. The van der Waals surface area contributed by atoms with Gasteiger partial charge in [-0.25, -0.2) is 14.4 Å². The van der Waals surface area contributed by atoms with Gasteiger partial charge in [0, 0.05) is 24.2 Å². The molecule has 19 heavy (non-hydrogen) atoms. The van der Waals surface area contributed by atoms with Crippen molar-refractivity contribution in [1.82, 2.24) is 9.97 Å². The quantitative estimate of drug-likeness (QED) is 0.917. The number of hydrogen-bond acceptors (Lipinski definition) is 4. The van der Waals surface area contributed by atoms with E-state index in [9.17, 15) is 4.39 Å². The number of rotatable bonds is 4. The lowest BCUT2D eigenvalue weighted by Crippen LogP contribution is -2.12. The van der Waals surface area contributed by atoms with E-state index in [1.54, 1.807) is 24.4 Å². The Kier molecular flexibility index (Phi) is 4.06. The van der Waals surface area contributed by atoms with Gasteiger partial charge in [-0.1, -0.05) is 6.92 Å². The summed E-state index contributed by atoms with van der Waals surface area (Å²) in [6.07, 6.45) is 1.66. The molecule has 0 spiro atoms. The summed E-state index contributed by atoms with van der Waals surface area (Å²) in [5, 5.41) is 0. The van der Waals surface area contributed by atoms with E-state index >= 15 is 0 Å². The highest BCUT2D eigenvalue weighted by molar-refractivity contribution is 5.60. The van der Waals surface area contributed by atoms with E-state index in [0.717, 1.165) is 0 Å². The Balaban J connectivity index is 2.39. The Morgan fingerprint density at radius 2 is 2.16 bits per heavy atom. The summed E-state index contributed by atoms with van der Waals surface area (Å²) in [5.74, 6) is 0.541. The summed E-state index contributed by atoms with van der Waals surface area (Å²) in [7, 11) is 1.43. The summed E-state index contributed by atoms with van der Waals surface area (Å²) >= 11 is 0. The maximum atomic E-state index is 13.7. The molecular formula is C14H16FN3O. The zero-order valence-corrected chi connectivity index (χ0v) is 10.9. The van der Waals surface area contributed by atoms with Crippen molar-refractivity contribution in [3.63, 3.8) is 0 Å². The first-order valence-corrected chi connectivity index (χ1v) is 6.02. The fraction of sp³-hybridized carbons (Fsp3) is 0.286. The summed E-state index contributed by atoms with van der Waals surface area (Å²) in [4.78, 5) is 8.59. The molecule has 0 aliphatic heterocycles. The van der Waals surface area contributed by atoms with Gasteiger partial charge < -0.3 is 10.5 Å². The zero-order chi connectivity index (χ0) is 13.8. The first-order valence-electron chi connectivity index (χ1n) is 6.02. The fourth-order valence-corrected chi connectivity index (χ4v) is 1.70. The van der Waals surface area contributed by atoms with Crippen LogP contribution in [0, 0.1) is 5.82 Å². The van der Waals surface area contributed by atoms with E-state index < -0.39 is 5.82 Å². The van der Waals surface area contributed by atoms with E-state index in [-0.39, 0.29) is 11.7 Å². The maximum absolute atomic E-state index is 13.7. The van der Waals surface area contributed by atoms with Crippen molar-refractivity contribution in [2.24, 2.45) is 5.73 Å². The predicted molar refractivity (Wildman–Crippen MR) is 71.4 cm³/mol.